The van der Waals surface area contributed by atoms with Crippen molar-refractivity contribution in [1.82, 2.24) is 15.0 Å². The zero-order valence-corrected chi connectivity index (χ0v) is 10.9. The lowest BCUT2D eigenvalue weighted by molar-refractivity contribution is 0.121. The molecule has 2 aromatic heterocycles. The number of aromatic nitrogens is 3. The Bertz CT molecular complexity index is 657. The lowest BCUT2D eigenvalue weighted by Crippen LogP contribution is -2.19. The minimum atomic E-state index is -0.183. The average molecular weight is 259 g/mol. The number of pyridine rings is 1. The molecule has 0 aromatic carbocycles. The van der Waals surface area contributed by atoms with Crippen molar-refractivity contribution in [2.75, 3.05) is 0 Å². The van der Waals surface area contributed by atoms with Crippen LogP contribution in [0.5, 0.6) is 0 Å². The molecule has 5 nitrogen and oxygen atoms in total. The van der Waals surface area contributed by atoms with Crippen molar-refractivity contribution in [3.05, 3.63) is 34.0 Å². The zero-order valence-electron chi connectivity index (χ0n) is 10.9. The van der Waals surface area contributed by atoms with Crippen molar-refractivity contribution in [2.24, 2.45) is 0 Å². The van der Waals surface area contributed by atoms with Crippen molar-refractivity contribution in [3.8, 4) is 0 Å². The molecule has 3 rings (SSSR count). The number of aryl methyl sites for hydroxylation is 1. The highest BCUT2D eigenvalue weighted by Gasteiger charge is 2.23. The van der Waals surface area contributed by atoms with Crippen LogP contribution in [0.4, 0.5) is 0 Å². The van der Waals surface area contributed by atoms with E-state index in [0.717, 1.165) is 42.6 Å². The van der Waals surface area contributed by atoms with E-state index >= 15 is 0 Å². The minimum Gasteiger partial charge on any atom is -0.393 e. The Kier molecular flexibility index (Phi) is 3.06. The number of nitrogens with one attached hydrogen (secondary N) is 1. The summed E-state index contributed by atoms with van der Waals surface area (Å²) in [6.45, 7) is 1.93. The van der Waals surface area contributed by atoms with E-state index in [2.05, 4.69) is 15.0 Å². The van der Waals surface area contributed by atoms with Crippen molar-refractivity contribution < 1.29 is 5.11 Å². The number of aromatic amines is 1. The third-order valence-corrected chi connectivity index (χ3v) is 3.86. The maximum atomic E-state index is 11.4. The smallest absolute Gasteiger partial charge is 0.249 e. The molecule has 1 aliphatic carbocycles. The lowest BCUT2D eigenvalue weighted by atomic mass is 9.87. The van der Waals surface area contributed by atoms with Gasteiger partial charge in [-0.3, -0.25) is 4.79 Å². The second kappa shape index (κ2) is 4.74. The van der Waals surface area contributed by atoms with Gasteiger partial charge < -0.3 is 10.1 Å². The molecule has 0 radical (unpaired) electrons. The molecular weight excluding hydrogens is 242 g/mol. The van der Waals surface area contributed by atoms with Crippen LogP contribution in [0.25, 0.3) is 11.0 Å². The first-order valence-corrected chi connectivity index (χ1v) is 6.69. The number of hydrogen-bond donors (Lipinski definition) is 2. The summed E-state index contributed by atoms with van der Waals surface area (Å²) in [6.07, 6.45) is 3.23. The Morgan fingerprint density at radius 1 is 1.21 bits per heavy atom. The number of nitrogens with zero attached hydrogens (tertiary/aromatic N) is 2. The molecule has 2 heterocycles. The van der Waals surface area contributed by atoms with Crippen molar-refractivity contribution in [3.63, 3.8) is 0 Å². The highest BCUT2D eigenvalue weighted by Crippen LogP contribution is 2.31. The SMILES string of the molecule is Cc1nc(C2CCC(O)CC2)nc2[nH]c(=O)ccc12. The zero-order chi connectivity index (χ0) is 13.4. The van der Waals surface area contributed by atoms with E-state index in [1.807, 2.05) is 6.92 Å². The second-order valence-corrected chi connectivity index (χ2v) is 5.26. The highest BCUT2D eigenvalue weighted by atomic mass is 16.3. The molecule has 1 aliphatic rings. The first-order valence-electron chi connectivity index (χ1n) is 6.69. The molecule has 2 aromatic rings. The van der Waals surface area contributed by atoms with Gasteiger partial charge >= 0.3 is 0 Å². The molecule has 5 heteroatoms. The van der Waals surface area contributed by atoms with Gasteiger partial charge in [0, 0.05) is 17.4 Å². The Labute approximate surface area is 110 Å². The topological polar surface area (TPSA) is 78.9 Å². The number of fused-ring (bicyclic) bond motifs is 1. The van der Waals surface area contributed by atoms with Crippen LogP contribution in [0.15, 0.2) is 16.9 Å². The molecule has 0 unspecified atom stereocenters. The van der Waals surface area contributed by atoms with Crippen LogP contribution in [0, 0.1) is 6.92 Å². The summed E-state index contributed by atoms with van der Waals surface area (Å²) in [5, 5.41) is 10.4. The number of hydrogen-bond acceptors (Lipinski definition) is 4. The van der Waals surface area contributed by atoms with Gasteiger partial charge in [-0.05, 0) is 38.7 Å². The van der Waals surface area contributed by atoms with Gasteiger partial charge in [-0.1, -0.05) is 0 Å². The van der Waals surface area contributed by atoms with Crippen LogP contribution >= 0.6 is 0 Å². The summed E-state index contributed by atoms with van der Waals surface area (Å²) in [6, 6.07) is 3.26. The van der Waals surface area contributed by atoms with Gasteiger partial charge in [0.2, 0.25) is 5.56 Å². The van der Waals surface area contributed by atoms with Crippen molar-refractivity contribution in [2.45, 2.75) is 44.6 Å². The maximum Gasteiger partial charge on any atom is 0.249 e. The van der Waals surface area contributed by atoms with Gasteiger partial charge in [0.25, 0.3) is 0 Å². The molecule has 0 spiro atoms. The van der Waals surface area contributed by atoms with Crippen LogP contribution in [0.1, 0.15) is 43.1 Å². The lowest BCUT2D eigenvalue weighted by Gasteiger charge is -2.24. The molecule has 1 fully saturated rings. The number of aliphatic hydroxyl groups is 1. The van der Waals surface area contributed by atoms with Crippen molar-refractivity contribution in [1.29, 1.82) is 0 Å². The Morgan fingerprint density at radius 3 is 2.68 bits per heavy atom. The quantitative estimate of drug-likeness (QED) is 0.816. The maximum absolute atomic E-state index is 11.4. The van der Waals surface area contributed by atoms with E-state index < -0.39 is 0 Å². The van der Waals surface area contributed by atoms with Crippen LogP contribution in [-0.4, -0.2) is 26.2 Å². The molecule has 0 saturated heterocycles. The number of aliphatic hydroxyl groups excluding tert-OH is 1. The molecule has 1 saturated carbocycles. The van der Waals surface area contributed by atoms with E-state index in [1.165, 1.54) is 6.07 Å². The van der Waals surface area contributed by atoms with Crippen LogP contribution in [0.2, 0.25) is 0 Å². The summed E-state index contributed by atoms with van der Waals surface area (Å²) < 4.78 is 0. The standard InChI is InChI=1S/C14H17N3O2/c1-8-11-6-7-12(19)16-14(11)17-13(15-8)9-2-4-10(18)5-3-9/h6-7,9-10,18H,2-5H2,1H3,(H,15,16,17,19). The van der Waals surface area contributed by atoms with Gasteiger partial charge in [-0.15, -0.1) is 0 Å². The highest BCUT2D eigenvalue weighted by molar-refractivity contribution is 5.76. The van der Waals surface area contributed by atoms with Gasteiger partial charge in [-0.2, -0.15) is 0 Å². The monoisotopic (exact) mass is 259 g/mol. The fourth-order valence-corrected chi connectivity index (χ4v) is 2.73. The summed E-state index contributed by atoms with van der Waals surface area (Å²) in [5.41, 5.74) is 1.36. The molecule has 0 bridgehead atoms. The fourth-order valence-electron chi connectivity index (χ4n) is 2.73. The van der Waals surface area contributed by atoms with Crippen molar-refractivity contribution >= 4 is 11.0 Å². The molecular formula is C14H17N3O2. The van der Waals surface area contributed by atoms with E-state index in [1.54, 1.807) is 6.07 Å². The summed E-state index contributed by atoms with van der Waals surface area (Å²) in [7, 11) is 0. The van der Waals surface area contributed by atoms with Gasteiger partial charge in [0.05, 0.1) is 11.8 Å². The Morgan fingerprint density at radius 2 is 1.95 bits per heavy atom. The number of rotatable bonds is 1. The molecule has 0 amide bonds. The normalized spacial score (nSPS) is 23.7. The molecule has 2 N–H and O–H groups in total. The Hall–Kier alpha value is -1.75. The first kappa shape index (κ1) is 12.3. The molecule has 19 heavy (non-hydrogen) atoms. The molecule has 100 valence electrons. The summed E-state index contributed by atoms with van der Waals surface area (Å²) >= 11 is 0. The first-order chi connectivity index (χ1) is 9.13. The predicted molar refractivity (Wildman–Crippen MR) is 72.1 cm³/mol. The summed E-state index contributed by atoms with van der Waals surface area (Å²) in [5.74, 6) is 1.08. The van der Waals surface area contributed by atoms with Crippen LogP contribution < -0.4 is 5.56 Å². The molecule has 0 atom stereocenters. The van der Waals surface area contributed by atoms with E-state index in [0.29, 0.717) is 5.65 Å². The molecule has 0 aliphatic heterocycles. The average Bonchev–Trinajstić information content (AvgIpc) is 2.38. The third-order valence-electron chi connectivity index (χ3n) is 3.86. The summed E-state index contributed by atoms with van der Waals surface area (Å²) in [4.78, 5) is 23.2. The van der Waals surface area contributed by atoms with Gasteiger partial charge in [0.15, 0.2) is 0 Å². The van der Waals surface area contributed by atoms with E-state index in [9.17, 15) is 9.90 Å². The van der Waals surface area contributed by atoms with E-state index in [-0.39, 0.29) is 17.6 Å². The van der Waals surface area contributed by atoms with Gasteiger partial charge in [0.1, 0.15) is 11.5 Å². The third kappa shape index (κ3) is 2.38. The van der Waals surface area contributed by atoms with Crippen LogP contribution in [0.3, 0.4) is 0 Å². The fraction of sp³-hybridized carbons (Fsp3) is 0.500. The number of H-pyrrole nitrogens is 1. The largest absolute Gasteiger partial charge is 0.393 e. The van der Waals surface area contributed by atoms with Gasteiger partial charge in [-0.25, -0.2) is 9.97 Å². The second-order valence-electron chi connectivity index (χ2n) is 5.26. The Balaban J connectivity index is 2.02. The predicted octanol–water partition coefficient (Wildman–Crippen LogP) is 1.65. The minimum absolute atomic E-state index is 0.143. The van der Waals surface area contributed by atoms with Crippen LogP contribution in [-0.2, 0) is 0 Å². The van der Waals surface area contributed by atoms with E-state index in [4.69, 9.17) is 0 Å².